The number of hydrogen-bond acceptors (Lipinski definition) is 0. The van der Waals surface area contributed by atoms with E-state index in [2.05, 4.69) is 59.8 Å². The Morgan fingerprint density at radius 3 is 1.38 bits per heavy atom. The standard InChI is InChI=1S/C8H14.2C3H8.C2H6/c1-4-6-8(3)7-5-2;2*1-3-2;1-2/h4,6-7H,5H2,1-3H3;2*3H2,1-2H3;1-2H3/b6-4-,8-7+;;;. The molecule has 0 saturated carbocycles. The van der Waals surface area contributed by atoms with Crippen molar-refractivity contribution < 1.29 is 0 Å². The Morgan fingerprint density at radius 2 is 1.19 bits per heavy atom. The van der Waals surface area contributed by atoms with E-state index in [0.717, 1.165) is 6.42 Å². The van der Waals surface area contributed by atoms with Gasteiger partial charge in [-0.1, -0.05) is 85.1 Å². The van der Waals surface area contributed by atoms with Crippen molar-refractivity contribution in [1.82, 2.24) is 0 Å². The van der Waals surface area contributed by atoms with Crippen molar-refractivity contribution in [2.75, 3.05) is 0 Å². The first-order chi connectivity index (χ1) is 7.64. The molecular formula is C16H36. The minimum absolute atomic E-state index is 1.14. The van der Waals surface area contributed by atoms with Crippen LogP contribution >= 0.6 is 0 Å². The molecule has 0 unspecified atom stereocenters. The van der Waals surface area contributed by atoms with E-state index in [1.165, 1.54) is 18.4 Å². The van der Waals surface area contributed by atoms with Crippen LogP contribution in [-0.4, -0.2) is 0 Å². The Balaban J connectivity index is -0.0000000752. The predicted octanol–water partition coefficient (Wildman–Crippen LogP) is 6.78. The molecule has 0 heterocycles. The molecule has 0 saturated heterocycles. The maximum atomic E-state index is 2.21. The number of rotatable bonds is 2. The third kappa shape index (κ3) is 69.9. The van der Waals surface area contributed by atoms with Crippen LogP contribution in [0.3, 0.4) is 0 Å². The van der Waals surface area contributed by atoms with Crippen LogP contribution in [0.25, 0.3) is 0 Å². The second kappa shape index (κ2) is 36.6. The first-order valence-electron chi connectivity index (χ1n) is 6.93. The molecule has 0 aromatic carbocycles. The van der Waals surface area contributed by atoms with Gasteiger partial charge in [0, 0.05) is 0 Å². The number of allylic oxidation sites excluding steroid dienone is 4. The van der Waals surface area contributed by atoms with Gasteiger partial charge in [0.1, 0.15) is 0 Å². The Bertz CT molecular complexity index is 116. The summed E-state index contributed by atoms with van der Waals surface area (Å²) in [5.74, 6) is 0. The van der Waals surface area contributed by atoms with Gasteiger partial charge in [-0.2, -0.15) is 0 Å². The minimum atomic E-state index is 1.14. The fourth-order valence-corrected chi connectivity index (χ4v) is 0.653. The van der Waals surface area contributed by atoms with Crippen LogP contribution in [0, 0.1) is 0 Å². The van der Waals surface area contributed by atoms with E-state index in [1.807, 2.05) is 20.8 Å². The molecule has 0 aromatic rings. The van der Waals surface area contributed by atoms with Gasteiger partial charge in [-0.25, -0.2) is 0 Å². The van der Waals surface area contributed by atoms with Gasteiger partial charge >= 0.3 is 0 Å². The lowest BCUT2D eigenvalue weighted by molar-refractivity contribution is 1.09. The molecule has 0 aliphatic carbocycles. The van der Waals surface area contributed by atoms with E-state index < -0.39 is 0 Å². The SMILES string of the molecule is C/C=C\C(C)=C\CC.CC.CCC.CCC. The molecule has 0 rings (SSSR count). The summed E-state index contributed by atoms with van der Waals surface area (Å²) >= 11 is 0. The molecule has 0 aromatic heterocycles. The van der Waals surface area contributed by atoms with E-state index in [4.69, 9.17) is 0 Å². The highest BCUT2D eigenvalue weighted by atomic mass is 13.8. The molecule has 0 atom stereocenters. The molecule has 0 heteroatoms. The lowest BCUT2D eigenvalue weighted by Gasteiger charge is -1.85. The van der Waals surface area contributed by atoms with Crippen molar-refractivity contribution in [3.05, 3.63) is 23.8 Å². The van der Waals surface area contributed by atoms with E-state index >= 15 is 0 Å². The van der Waals surface area contributed by atoms with E-state index in [-0.39, 0.29) is 0 Å². The molecule has 0 spiro atoms. The molecule has 16 heavy (non-hydrogen) atoms. The Labute approximate surface area is 106 Å². The Kier molecular flexibility index (Phi) is 56.3. The first-order valence-corrected chi connectivity index (χ1v) is 6.93. The van der Waals surface area contributed by atoms with Crippen LogP contribution in [0.1, 0.15) is 81.6 Å². The summed E-state index contributed by atoms with van der Waals surface area (Å²) in [6, 6.07) is 0. The Hall–Kier alpha value is -0.520. The van der Waals surface area contributed by atoms with Crippen LogP contribution < -0.4 is 0 Å². The van der Waals surface area contributed by atoms with E-state index in [9.17, 15) is 0 Å². The van der Waals surface area contributed by atoms with Gasteiger partial charge in [-0.15, -0.1) is 0 Å². The highest BCUT2D eigenvalue weighted by Crippen LogP contribution is 1.95. The number of hydrogen-bond donors (Lipinski definition) is 0. The van der Waals surface area contributed by atoms with Gasteiger partial charge in [-0.05, 0) is 20.3 Å². The van der Waals surface area contributed by atoms with Crippen LogP contribution in [0.15, 0.2) is 23.8 Å². The molecule has 0 aliphatic heterocycles. The van der Waals surface area contributed by atoms with Crippen molar-refractivity contribution in [2.45, 2.75) is 81.6 Å². The van der Waals surface area contributed by atoms with Gasteiger partial charge in [0.05, 0.1) is 0 Å². The normalized spacial score (nSPS) is 9.19. The van der Waals surface area contributed by atoms with Crippen molar-refractivity contribution in [3.63, 3.8) is 0 Å². The Morgan fingerprint density at radius 1 is 0.875 bits per heavy atom. The fraction of sp³-hybridized carbons (Fsp3) is 0.750. The van der Waals surface area contributed by atoms with Gasteiger partial charge in [0.2, 0.25) is 0 Å². The molecule has 0 radical (unpaired) electrons. The van der Waals surface area contributed by atoms with Crippen molar-refractivity contribution in [1.29, 1.82) is 0 Å². The van der Waals surface area contributed by atoms with Crippen molar-refractivity contribution >= 4 is 0 Å². The second-order valence-electron chi connectivity index (χ2n) is 3.27. The highest BCUT2D eigenvalue weighted by molar-refractivity contribution is 5.14. The molecule has 0 amide bonds. The predicted molar refractivity (Wildman–Crippen MR) is 82.1 cm³/mol. The zero-order valence-electron chi connectivity index (χ0n) is 13.4. The summed E-state index contributed by atoms with van der Waals surface area (Å²) in [6.45, 7) is 18.8. The molecule has 0 bridgehead atoms. The van der Waals surface area contributed by atoms with Crippen LogP contribution in [0.5, 0.6) is 0 Å². The monoisotopic (exact) mass is 228 g/mol. The minimum Gasteiger partial charge on any atom is -0.0874 e. The van der Waals surface area contributed by atoms with Crippen molar-refractivity contribution in [3.8, 4) is 0 Å². The molecule has 0 fully saturated rings. The van der Waals surface area contributed by atoms with E-state index in [1.54, 1.807) is 0 Å². The summed E-state index contributed by atoms with van der Waals surface area (Å²) in [5.41, 5.74) is 1.36. The van der Waals surface area contributed by atoms with Crippen LogP contribution in [-0.2, 0) is 0 Å². The summed E-state index contributed by atoms with van der Waals surface area (Å²) in [4.78, 5) is 0. The van der Waals surface area contributed by atoms with Gasteiger partial charge in [0.15, 0.2) is 0 Å². The molecular weight excluding hydrogens is 192 g/mol. The zero-order chi connectivity index (χ0) is 13.8. The lowest BCUT2D eigenvalue weighted by atomic mass is 10.2. The fourth-order valence-electron chi connectivity index (χ4n) is 0.653. The average Bonchev–Trinajstić information content (AvgIpc) is 2.24. The molecule has 100 valence electrons. The van der Waals surface area contributed by atoms with Crippen LogP contribution in [0.2, 0.25) is 0 Å². The van der Waals surface area contributed by atoms with Crippen LogP contribution in [0.4, 0.5) is 0 Å². The summed E-state index contributed by atoms with van der Waals surface area (Å²) in [7, 11) is 0. The third-order valence-electron chi connectivity index (χ3n) is 0.956. The summed E-state index contributed by atoms with van der Waals surface area (Å²) in [5, 5.41) is 0. The van der Waals surface area contributed by atoms with Gasteiger partial charge in [-0.3, -0.25) is 0 Å². The topological polar surface area (TPSA) is 0 Å². The molecule has 0 aliphatic rings. The summed E-state index contributed by atoms with van der Waals surface area (Å²) in [6.07, 6.45) is 10.0. The van der Waals surface area contributed by atoms with Gasteiger partial charge in [0.25, 0.3) is 0 Å². The first kappa shape index (κ1) is 24.6. The largest absolute Gasteiger partial charge is 0.0874 e. The maximum absolute atomic E-state index is 2.21. The second-order valence-corrected chi connectivity index (χ2v) is 3.27. The van der Waals surface area contributed by atoms with Crippen molar-refractivity contribution in [2.24, 2.45) is 0 Å². The smallest absolute Gasteiger partial charge is 0.0374 e. The van der Waals surface area contributed by atoms with E-state index in [0.29, 0.717) is 0 Å². The highest BCUT2D eigenvalue weighted by Gasteiger charge is 1.74. The lowest BCUT2D eigenvalue weighted by Crippen LogP contribution is -1.64. The molecule has 0 N–H and O–H groups in total. The average molecular weight is 228 g/mol. The van der Waals surface area contributed by atoms with Gasteiger partial charge < -0.3 is 0 Å². The maximum Gasteiger partial charge on any atom is -0.0374 e. The zero-order valence-corrected chi connectivity index (χ0v) is 13.4. The molecule has 0 nitrogen and oxygen atoms in total. The summed E-state index contributed by atoms with van der Waals surface area (Å²) < 4.78 is 0. The quantitative estimate of drug-likeness (QED) is 0.457. The third-order valence-corrected chi connectivity index (χ3v) is 0.956.